The molecule has 18 heavy (non-hydrogen) atoms. The van der Waals surface area contributed by atoms with Crippen molar-refractivity contribution in [2.24, 2.45) is 0 Å². The number of halogens is 2. The van der Waals surface area contributed by atoms with E-state index in [1.807, 2.05) is 16.7 Å². The molecule has 0 radical (unpaired) electrons. The zero-order chi connectivity index (χ0) is 13.2. The number of hydrogen-bond acceptors (Lipinski definition) is 3. The van der Waals surface area contributed by atoms with Gasteiger partial charge in [-0.1, -0.05) is 13.8 Å². The van der Waals surface area contributed by atoms with Gasteiger partial charge in [-0.15, -0.1) is 11.6 Å². The second-order valence-electron chi connectivity index (χ2n) is 5.09. The summed E-state index contributed by atoms with van der Waals surface area (Å²) >= 11 is 7.67. The van der Waals surface area contributed by atoms with Crippen LogP contribution in [-0.4, -0.2) is 28.6 Å². The number of aromatic nitrogens is 1. The average Bonchev–Trinajstić information content (AvgIpc) is 2.51. The van der Waals surface area contributed by atoms with Crippen molar-refractivity contribution < 1.29 is 4.39 Å². The maximum absolute atomic E-state index is 14.2. The molecular weight excluding hydrogens is 271 g/mol. The van der Waals surface area contributed by atoms with E-state index in [-0.39, 0.29) is 16.4 Å². The van der Waals surface area contributed by atoms with Crippen LogP contribution in [0.3, 0.4) is 0 Å². The number of hydrogen-bond donors (Lipinski definition) is 0. The minimum atomic E-state index is -0.266. The molecule has 1 aromatic rings. The standard InChI is InChI=1S/C13H18ClFN2S/c1-13(2)4-6-17(7-8-18-13)12-11(15)10(9-14)3-5-16-12/h3,5H,4,6-9H2,1-2H3. The highest BCUT2D eigenvalue weighted by Crippen LogP contribution is 2.32. The van der Waals surface area contributed by atoms with Crippen LogP contribution >= 0.6 is 23.4 Å². The maximum atomic E-state index is 14.2. The van der Waals surface area contributed by atoms with Crippen LogP contribution < -0.4 is 4.90 Å². The van der Waals surface area contributed by atoms with Crippen molar-refractivity contribution in [3.8, 4) is 0 Å². The molecule has 0 atom stereocenters. The molecule has 1 aliphatic rings. The Bertz CT molecular complexity index is 425. The average molecular weight is 289 g/mol. The predicted octanol–water partition coefficient (Wildman–Crippen LogP) is 3.68. The number of pyridine rings is 1. The zero-order valence-corrected chi connectivity index (χ0v) is 12.3. The largest absolute Gasteiger partial charge is 0.353 e. The molecule has 0 saturated carbocycles. The van der Waals surface area contributed by atoms with Gasteiger partial charge in [0, 0.05) is 35.3 Å². The molecule has 100 valence electrons. The van der Waals surface area contributed by atoms with Gasteiger partial charge in [0.2, 0.25) is 0 Å². The fourth-order valence-electron chi connectivity index (χ4n) is 2.03. The minimum absolute atomic E-state index is 0.190. The molecule has 0 unspecified atom stereocenters. The molecule has 1 saturated heterocycles. The third kappa shape index (κ3) is 3.09. The lowest BCUT2D eigenvalue weighted by atomic mass is 10.1. The first kappa shape index (κ1) is 13.9. The van der Waals surface area contributed by atoms with Crippen molar-refractivity contribution in [2.75, 3.05) is 23.7 Å². The summed E-state index contributed by atoms with van der Waals surface area (Å²) in [6, 6.07) is 1.64. The number of nitrogens with zero attached hydrogens (tertiary/aromatic N) is 2. The molecular formula is C13H18ClFN2S. The summed E-state index contributed by atoms with van der Waals surface area (Å²) < 4.78 is 14.4. The zero-order valence-electron chi connectivity index (χ0n) is 10.7. The van der Waals surface area contributed by atoms with Gasteiger partial charge in [-0.05, 0) is 12.5 Å². The van der Waals surface area contributed by atoms with E-state index in [9.17, 15) is 4.39 Å². The van der Waals surface area contributed by atoms with E-state index in [2.05, 4.69) is 18.8 Å². The molecule has 0 aliphatic carbocycles. The van der Waals surface area contributed by atoms with Gasteiger partial charge in [0.05, 0.1) is 5.88 Å². The van der Waals surface area contributed by atoms with Crippen LogP contribution in [0.25, 0.3) is 0 Å². The van der Waals surface area contributed by atoms with E-state index in [1.54, 1.807) is 12.3 Å². The lowest BCUT2D eigenvalue weighted by Gasteiger charge is -2.24. The van der Waals surface area contributed by atoms with Crippen molar-refractivity contribution in [3.05, 3.63) is 23.6 Å². The van der Waals surface area contributed by atoms with Gasteiger partial charge in [0.1, 0.15) is 0 Å². The molecule has 2 rings (SSSR count). The lowest BCUT2D eigenvalue weighted by molar-refractivity contribution is 0.587. The van der Waals surface area contributed by atoms with Crippen molar-refractivity contribution in [1.29, 1.82) is 0 Å². The third-order valence-corrected chi connectivity index (χ3v) is 4.89. The summed E-state index contributed by atoms with van der Waals surface area (Å²) in [5.41, 5.74) is 0.526. The van der Waals surface area contributed by atoms with E-state index < -0.39 is 0 Å². The molecule has 0 amide bonds. The smallest absolute Gasteiger partial charge is 0.170 e. The van der Waals surface area contributed by atoms with Crippen LogP contribution in [-0.2, 0) is 5.88 Å². The molecule has 0 aromatic carbocycles. The summed E-state index contributed by atoms with van der Waals surface area (Å²) in [6.07, 6.45) is 2.67. The van der Waals surface area contributed by atoms with Crippen molar-refractivity contribution >= 4 is 29.2 Å². The van der Waals surface area contributed by atoms with Gasteiger partial charge in [0.15, 0.2) is 11.6 Å². The monoisotopic (exact) mass is 288 g/mol. The van der Waals surface area contributed by atoms with Gasteiger partial charge in [-0.25, -0.2) is 9.37 Å². The maximum Gasteiger partial charge on any atom is 0.170 e. The second-order valence-corrected chi connectivity index (χ2v) is 7.16. The van der Waals surface area contributed by atoms with Gasteiger partial charge in [-0.3, -0.25) is 0 Å². The van der Waals surface area contributed by atoms with E-state index in [4.69, 9.17) is 11.6 Å². The van der Waals surface area contributed by atoms with Crippen LogP contribution in [0.4, 0.5) is 10.2 Å². The van der Waals surface area contributed by atoms with Crippen molar-refractivity contribution in [2.45, 2.75) is 30.9 Å². The molecule has 2 heterocycles. The van der Waals surface area contributed by atoms with Gasteiger partial charge < -0.3 is 4.90 Å². The normalized spacial score (nSPS) is 19.7. The first-order valence-electron chi connectivity index (χ1n) is 6.12. The summed E-state index contributed by atoms with van der Waals surface area (Å²) in [4.78, 5) is 6.22. The first-order chi connectivity index (χ1) is 8.53. The number of alkyl halides is 1. The number of anilines is 1. The molecule has 1 fully saturated rings. The Balaban J connectivity index is 2.21. The number of thioether (sulfide) groups is 1. The van der Waals surface area contributed by atoms with Gasteiger partial charge in [-0.2, -0.15) is 11.8 Å². The Kier molecular flexibility index (Phi) is 4.38. The van der Waals surface area contributed by atoms with Crippen LogP contribution in [0, 0.1) is 5.82 Å². The predicted molar refractivity (Wildman–Crippen MR) is 77.1 cm³/mol. The molecule has 5 heteroatoms. The molecule has 0 bridgehead atoms. The van der Waals surface area contributed by atoms with E-state index in [0.717, 1.165) is 25.3 Å². The van der Waals surface area contributed by atoms with E-state index in [0.29, 0.717) is 11.4 Å². The Hall–Kier alpha value is -0.480. The van der Waals surface area contributed by atoms with Crippen LogP contribution in [0.1, 0.15) is 25.8 Å². The highest BCUT2D eigenvalue weighted by Gasteiger charge is 2.25. The third-order valence-electron chi connectivity index (χ3n) is 3.23. The van der Waals surface area contributed by atoms with Gasteiger partial charge in [0.25, 0.3) is 0 Å². The van der Waals surface area contributed by atoms with Crippen molar-refractivity contribution in [1.82, 2.24) is 4.98 Å². The molecule has 0 spiro atoms. The summed E-state index contributed by atoms with van der Waals surface area (Å²) in [6.45, 7) is 6.15. The summed E-state index contributed by atoms with van der Waals surface area (Å²) in [7, 11) is 0. The van der Waals surface area contributed by atoms with Gasteiger partial charge >= 0.3 is 0 Å². The first-order valence-corrected chi connectivity index (χ1v) is 7.64. The SMILES string of the molecule is CC1(C)CCN(c2nccc(CCl)c2F)CCS1. The molecule has 1 aromatic heterocycles. The molecule has 1 aliphatic heterocycles. The number of rotatable bonds is 2. The van der Waals surface area contributed by atoms with Crippen molar-refractivity contribution in [3.63, 3.8) is 0 Å². The summed E-state index contributed by atoms with van der Waals surface area (Å²) in [5.74, 6) is 1.37. The Morgan fingerprint density at radius 1 is 1.50 bits per heavy atom. The highest BCUT2D eigenvalue weighted by atomic mass is 35.5. The van der Waals surface area contributed by atoms with E-state index in [1.165, 1.54) is 0 Å². The molecule has 0 N–H and O–H groups in total. The fraction of sp³-hybridized carbons (Fsp3) is 0.615. The summed E-state index contributed by atoms with van der Waals surface area (Å²) in [5, 5.41) is 0. The Morgan fingerprint density at radius 3 is 3.00 bits per heavy atom. The van der Waals surface area contributed by atoms with Crippen LogP contribution in [0.2, 0.25) is 0 Å². The Morgan fingerprint density at radius 2 is 2.28 bits per heavy atom. The van der Waals surface area contributed by atoms with E-state index >= 15 is 0 Å². The fourth-order valence-corrected chi connectivity index (χ4v) is 3.33. The van der Waals surface area contributed by atoms with Crippen LogP contribution in [0.5, 0.6) is 0 Å². The minimum Gasteiger partial charge on any atom is -0.353 e. The lowest BCUT2D eigenvalue weighted by Crippen LogP contribution is -2.28. The quantitative estimate of drug-likeness (QED) is 0.772. The Labute approximate surface area is 117 Å². The highest BCUT2D eigenvalue weighted by molar-refractivity contribution is 8.00. The molecule has 2 nitrogen and oxygen atoms in total. The topological polar surface area (TPSA) is 16.1 Å². The second kappa shape index (κ2) is 5.66. The van der Waals surface area contributed by atoms with Crippen LogP contribution in [0.15, 0.2) is 12.3 Å².